The number of carbonyl (C=O) groups is 1. The highest BCUT2D eigenvalue weighted by Gasteiger charge is 2.09. The second kappa shape index (κ2) is 4.59. The van der Waals surface area contributed by atoms with Crippen molar-refractivity contribution in [3.63, 3.8) is 0 Å². The highest BCUT2D eigenvalue weighted by Crippen LogP contribution is 2.11. The van der Waals surface area contributed by atoms with E-state index in [1.165, 1.54) is 10.8 Å². The Morgan fingerprint density at radius 2 is 2.27 bits per heavy atom. The number of hydrogen-bond acceptors (Lipinski definition) is 3. The molecule has 0 aromatic carbocycles. The molecular weight excluding hydrogens is 262 g/mol. The molecule has 0 aliphatic carbocycles. The molecule has 1 atom stereocenters. The van der Waals surface area contributed by atoms with Crippen LogP contribution in [0.1, 0.15) is 6.92 Å². The minimum Gasteiger partial charge on any atom is -0.323 e. The summed E-state index contributed by atoms with van der Waals surface area (Å²) in [5.41, 5.74) is 5.77. The van der Waals surface area contributed by atoms with E-state index < -0.39 is 6.04 Å². The summed E-state index contributed by atoms with van der Waals surface area (Å²) in [4.78, 5) is 22.6. The van der Waals surface area contributed by atoms with Crippen LogP contribution in [0.2, 0.25) is 0 Å². The smallest absolute Gasteiger partial charge is 0.264 e. The van der Waals surface area contributed by atoms with Gasteiger partial charge in [0.25, 0.3) is 5.56 Å². The molecule has 3 N–H and O–H groups in total. The molecule has 1 aromatic rings. The van der Waals surface area contributed by atoms with Crippen molar-refractivity contribution in [2.75, 3.05) is 5.32 Å². The van der Waals surface area contributed by atoms with Crippen LogP contribution in [0.25, 0.3) is 0 Å². The van der Waals surface area contributed by atoms with Gasteiger partial charge in [0.2, 0.25) is 5.91 Å². The number of nitrogens with two attached hydrogens (primary N) is 1. The maximum Gasteiger partial charge on any atom is 0.264 e. The van der Waals surface area contributed by atoms with Gasteiger partial charge in [-0.05, 0) is 28.9 Å². The van der Waals surface area contributed by atoms with Crippen molar-refractivity contribution in [3.05, 3.63) is 27.1 Å². The second-order valence-corrected chi connectivity index (χ2v) is 4.13. The SMILES string of the molecule is C[C@H](N)C(=O)Nc1cc(Br)c(=O)n(C)c1. The molecule has 1 rings (SSSR count). The Labute approximate surface area is 95.4 Å². The molecule has 0 fully saturated rings. The second-order valence-electron chi connectivity index (χ2n) is 3.27. The van der Waals surface area contributed by atoms with Crippen molar-refractivity contribution in [3.8, 4) is 0 Å². The molecule has 0 spiro atoms. The van der Waals surface area contributed by atoms with Crippen LogP contribution >= 0.6 is 15.9 Å². The van der Waals surface area contributed by atoms with Gasteiger partial charge >= 0.3 is 0 Å². The summed E-state index contributed by atoms with van der Waals surface area (Å²) in [5.74, 6) is -0.291. The normalized spacial score (nSPS) is 12.3. The fraction of sp³-hybridized carbons (Fsp3) is 0.333. The first kappa shape index (κ1) is 11.9. The summed E-state index contributed by atoms with van der Waals surface area (Å²) < 4.78 is 1.77. The van der Waals surface area contributed by atoms with E-state index in [0.29, 0.717) is 10.2 Å². The third-order valence-corrected chi connectivity index (χ3v) is 2.39. The predicted molar refractivity (Wildman–Crippen MR) is 61.7 cm³/mol. The highest BCUT2D eigenvalue weighted by molar-refractivity contribution is 9.10. The van der Waals surface area contributed by atoms with Gasteiger partial charge in [-0.3, -0.25) is 9.59 Å². The molecule has 0 saturated heterocycles. The van der Waals surface area contributed by atoms with Crippen LogP contribution in [-0.4, -0.2) is 16.5 Å². The number of aryl methyl sites for hydroxylation is 1. The molecule has 6 heteroatoms. The molecule has 0 saturated carbocycles. The first-order chi connectivity index (χ1) is 6.91. The van der Waals surface area contributed by atoms with Gasteiger partial charge in [-0.1, -0.05) is 0 Å². The van der Waals surface area contributed by atoms with Crippen molar-refractivity contribution < 1.29 is 4.79 Å². The van der Waals surface area contributed by atoms with Crippen molar-refractivity contribution in [2.45, 2.75) is 13.0 Å². The lowest BCUT2D eigenvalue weighted by Gasteiger charge is -2.09. The molecule has 1 amide bonds. The summed E-state index contributed by atoms with van der Waals surface area (Å²) in [5, 5.41) is 2.60. The predicted octanol–water partition coefficient (Wildman–Crippen LogP) is 0.433. The maximum absolute atomic E-state index is 11.3. The average Bonchev–Trinajstić information content (AvgIpc) is 2.13. The number of aromatic nitrogens is 1. The van der Waals surface area contributed by atoms with Gasteiger partial charge < -0.3 is 15.6 Å². The highest BCUT2D eigenvalue weighted by atomic mass is 79.9. The van der Waals surface area contributed by atoms with Gasteiger partial charge in [-0.2, -0.15) is 0 Å². The van der Waals surface area contributed by atoms with Gasteiger partial charge in [0.15, 0.2) is 0 Å². The summed E-state index contributed by atoms with van der Waals surface area (Å²) in [6.45, 7) is 1.59. The van der Waals surface area contributed by atoms with Gasteiger partial charge in [0.05, 0.1) is 16.2 Å². The molecule has 0 aliphatic rings. The van der Waals surface area contributed by atoms with Crippen LogP contribution in [-0.2, 0) is 11.8 Å². The summed E-state index contributed by atoms with van der Waals surface area (Å²) in [7, 11) is 1.61. The Bertz CT molecular complexity index is 413. The number of hydrogen-bond donors (Lipinski definition) is 2. The molecule has 0 aliphatic heterocycles. The third-order valence-electron chi connectivity index (χ3n) is 1.82. The molecule has 15 heavy (non-hydrogen) atoms. The van der Waals surface area contributed by atoms with Crippen LogP contribution in [0.4, 0.5) is 5.69 Å². The van der Waals surface area contributed by atoms with E-state index in [-0.39, 0.29) is 11.5 Å². The largest absolute Gasteiger partial charge is 0.323 e. The Hall–Kier alpha value is -1.14. The van der Waals surface area contributed by atoms with Crippen molar-refractivity contribution in [1.29, 1.82) is 0 Å². The molecule has 5 nitrogen and oxygen atoms in total. The topological polar surface area (TPSA) is 77.1 Å². The molecule has 1 aromatic heterocycles. The van der Waals surface area contributed by atoms with Crippen molar-refractivity contribution in [2.24, 2.45) is 12.8 Å². The molecule has 0 unspecified atom stereocenters. The lowest BCUT2D eigenvalue weighted by molar-refractivity contribution is -0.117. The fourth-order valence-electron chi connectivity index (χ4n) is 0.996. The minimum atomic E-state index is -0.582. The van der Waals surface area contributed by atoms with E-state index in [9.17, 15) is 9.59 Å². The standard InChI is InChI=1S/C9H12BrN3O2/c1-5(11)8(14)12-6-3-7(10)9(15)13(2)4-6/h3-5H,11H2,1-2H3,(H,12,14)/t5-/m0/s1. The van der Waals surface area contributed by atoms with Gasteiger partial charge in [0, 0.05) is 13.2 Å². The minimum absolute atomic E-state index is 0.159. The van der Waals surface area contributed by atoms with E-state index in [4.69, 9.17) is 5.73 Å². The maximum atomic E-state index is 11.3. The Morgan fingerprint density at radius 1 is 1.67 bits per heavy atom. The number of carbonyl (C=O) groups excluding carboxylic acids is 1. The first-order valence-electron chi connectivity index (χ1n) is 4.34. The van der Waals surface area contributed by atoms with E-state index >= 15 is 0 Å². The number of rotatable bonds is 2. The van der Waals surface area contributed by atoms with E-state index in [1.807, 2.05) is 0 Å². The van der Waals surface area contributed by atoms with Crippen LogP contribution < -0.4 is 16.6 Å². The molecule has 82 valence electrons. The molecule has 1 heterocycles. The molecule has 0 radical (unpaired) electrons. The lowest BCUT2D eigenvalue weighted by atomic mass is 10.3. The van der Waals surface area contributed by atoms with Crippen LogP contribution in [0.3, 0.4) is 0 Å². The number of amides is 1. The number of pyridine rings is 1. The van der Waals surface area contributed by atoms with Crippen LogP contribution in [0.5, 0.6) is 0 Å². The summed E-state index contributed by atoms with van der Waals surface area (Å²) in [6.07, 6.45) is 1.54. The fourth-order valence-corrected chi connectivity index (χ4v) is 1.52. The van der Waals surface area contributed by atoms with Crippen molar-refractivity contribution >= 4 is 27.5 Å². The number of anilines is 1. The van der Waals surface area contributed by atoms with Crippen LogP contribution in [0.15, 0.2) is 21.5 Å². The first-order valence-corrected chi connectivity index (χ1v) is 5.13. The zero-order valence-electron chi connectivity index (χ0n) is 8.45. The van der Waals surface area contributed by atoms with E-state index in [0.717, 1.165) is 0 Å². The lowest BCUT2D eigenvalue weighted by Crippen LogP contribution is -2.33. The average molecular weight is 274 g/mol. The Kier molecular flexibility index (Phi) is 3.65. The number of halogens is 1. The molecular formula is C9H12BrN3O2. The Balaban J connectivity index is 2.98. The van der Waals surface area contributed by atoms with Crippen LogP contribution in [0, 0.1) is 0 Å². The van der Waals surface area contributed by atoms with Gasteiger partial charge in [-0.15, -0.1) is 0 Å². The van der Waals surface area contributed by atoms with E-state index in [2.05, 4.69) is 21.2 Å². The number of nitrogens with zero attached hydrogens (tertiary/aromatic N) is 1. The third kappa shape index (κ3) is 2.90. The summed E-state index contributed by atoms with van der Waals surface area (Å²) >= 11 is 3.11. The number of nitrogens with one attached hydrogen (secondary N) is 1. The van der Waals surface area contributed by atoms with Gasteiger partial charge in [-0.25, -0.2) is 0 Å². The quantitative estimate of drug-likeness (QED) is 0.821. The summed E-state index contributed by atoms with van der Waals surface area (Å²) in [6, 6.07) is 0.962. The molecule has 0 bridgehead atoms. The zero-order chi connectivity index (χ0) is 11.6. The van der Waals surface area contributed by atoms with E-state index in [1.54, 1.807) is 20.0 Å². The van der Waals surface area contributed by atoms with Crippen molar-refractivity contribution in [1.82, 2.24) is 4.57 Å². The zero-order valence-corrected chi connectivity index (χ0v) is 10.0. The Morgan fingerprint density at radius 3 is 2.73 bits per heavy atom. The van der Waals surface area contributed by atoms with Gasteiger partial charge in [0.1, 0.15) is 0 Å². The monoisotopic (exact) mass is 273 g/mol.